The molecule has 1 aromatic heterocycles. The Hall–Kier alpha value is -1.63. The molecule has 1 atom stereocenters. The summed E-state index contributed by atoms with van der Waals surface area (Å²) in [5.41, 5.74) is 0. The van der Waals surface area contributed by atoms with E-state index in [1.807, 2.05) is 0 Å². The van der Waals surface area contributed by atoms with Crippen LogP contribution in [0.15, 0.2) is 6.07 Å². The van der Waals surface area contributed by atoms with E-state index in [2.05, 4.69) is 33.4 Å². The molecule has 0 bridgehead atoms. The molecule has 1 saturated carbocycles. The molecule has 28 heavy (non-hydrogen) atoms. The van der Waals surface area contributed by atoms with E-state index in [0.29, 0.717) is 23.1 Å². The molecular formula is C21H34N6S. The highest BCUT2D eigenvalue weighted by Crippen LogP contribution is 2.28. The third-order valence-electron chi connectivity index (χ3n) is 6.39. The summed E-state index contributed by atoms with van der Waals surface area (Å²) < 4.78 is 0. The fourth-order valence-electron chi connectivity index (χ4n) is 4.74. The maximum Gasteiger partial charge on any atom is 0.232 e. The zero-order chi connectivity index (χ0) is 19.3. The van der Waals surface area contributed by atoms with Gasteiger partial charge in [0.2, 0.25) is 5.95 Å². The first kappa shape index (κ1) is 19.7. The van der Waals surface area contributed by atoms with Crippen molar-refractivity contribution >= 4 is 34.9 Å². The first-order valence-corrected chi connectivity index (χ1v) is 11.6. The van der Waals surface area contributed by atoms with Crippen LogP contribution in [-0.4, -0.2) is 46.8 Å². The maximum atomic E-state index is 5.59. The van der Waals surface area contributed by atoms with Crippen LogP contribution < -0.4 is 20.4 Å². The van der Waals surface area contributed by atoms with Crippen molar-refractivity contribution in [1.82, 2.24) is 15.3 Å². The molecule has 3 fully saturated rings. The lowest BCUT2D eigenvalue weighted by Gasteiger charge is -2.35. The molecule has 154 valence electrons. The van der Waals surface area contributed by atoms with Gasteiger partial charge >= 0.3 is 0 Å². The lowest BCUT2D eigenvalue weighted by molar-refractivity contribution is 0.414. The Labute approximate surface area is 174 Å². The molecule has 2 aliphatic heterocycles. The van der Waals surface area contributed by atoms with Crippen molar-refractivity contribution in [3.8, 4) is 0 Å². The summed E-state index contributed by atoms with van der Waals surface area (Å²) in [5, 5.41) is 7.43. The lowest BCUT2D eigenvalue weighted by atomic mass is 9.96. The van der Waals surface area contributed by atoms with Crippen molar-refractivity contribution in [3.05, 3.63) is 6.07 Å². The molecule has 2 N–H and O–H groups in total. The molecule has 4 rings (SSSR count). The molecule has 0 radical (unpaired) electrons. The highest BCUT2D eigenvalue weighted by Gasteiger charge is 2.23. The Morgan fingerprint density at radius 2 is 1.61 bits per heavy atom. The van der Waals surface area contributed by atoms with E-state index in [4.69, 9.17) is 22.2 Å². The Balaban J connectivity index is 1.51. The standard InChI is InChI=1S/C21H34N6S/c1-16-9-5-6-14-27(16)19-15-18(26-12-7-8-13-26)23-20(24-19)25-21(28)22-17-10-3-2-4-11-17/h15-17H,2-14H2,1H3,(H2,22,23,24,25,28). The van der Waals surface area contributed by atoms with E-state index in [-0.39, 0.29) is 0 Å². The van der Waals surface area contributed by atoms with Crippen LogP contribution in [0, 0.1) is 0 Å². The van der Waals surface area contributed by atoms with Gasteiger partial charge in [0.1, 0.15) is 11.6 Å². The molecule has 7 heteroatoms. The number of hydrogen-bond donors (Lipinski definition) is 2. The Kier molecular flexibility index (Phi) is 6.50. The number of piperidine rings is 1. The van der Waals surface area contributed by atoms with Gasteiger partial charge < -0.3 is 20.4 Å². The minimum Gasteiger partial charge on any atom is -0.360 e. The lowest BCUT2D eigenvalue weighted by Crippen LogP contribution is -2.40. The molecule has 0 spiro atoms. The number of rotatable bonds is 4. The Morgan fingerprint density at radius 3 is 2.36 bits per heavy atom. The Bertz CT molecular complexity index is 669. The van der Waals surface area contributed by atoms with Crippen LogP contribution in [0.2, 0.25) is 0 Å². The van der Waals surface area contributed by atoms with Gasteiger partial charge in [-0.15, -0.1) is 0 Å². The van der Waals surface area contributed by atoms with Gasteiger partial charge in [-0.05, 0) is 64.1 Å². The average Bonchev–Trinajstić information content (AvgIpc) is 3.24. The second-order valence-electron chi connectivity index (χ2n) is 8.57. The van der Waals surface area contributed by atoms with E-state index in [0.717, 1.165) is 31.3 Å². The Morgan fingerprint density at radius 1 is 0.929 bits per heavy atom. The topological polar surface area (TPSA) is 56.3 Å². The highest BCUT2D eigenvalue weighted by molar-refractivity contribution is 7.80. The van der Waals surface area contributed by atoms with Crippen molar-refractivity contribution in [3.63, 3.8) is 0 Å². The smallest absolute Gasteiger partial charge is 0.232 e. The van der Waals surface area contributed by atoms with Gasteiger partial charge in [0, 0.05) is 37.8 Å². The van der Waals surface area contributed by atoms with E-state index in [1.54, 1.807) is 0 Å². The van der Waals surface area contributed by atoms with Crippen molar-refractivity contribution < 1.29 is 0 Å². The third kappa shape index (κ3) is 4.85. The molecule has 6 nitrogen and oxygen atoms in total. The highest BCUT2D eigenvalue weighted by atomic mass is 32.1. The predicted molar refractivity (Wildman–Crippen MR) is 120 cm³/mol. The van der Waals surface area contributed by atoms with Crippen LogP contribution in [0.25, 0.3) is 0 Å². The molecule has 0 aromatic carbocycles. The van der Waals surface area contributed by atoms with Gasteiger partial charge in [-0.3, -0.25) is 0 Å². The summed E-state index contributed by atoms with van der Waals surface area (Å²) in [7, 11) is 0. The van der Waals surface area contributed by atoms with Gasteiger partial charge in [0.05, 0.1) is 0 Å². The third-order valence-corrected chi connectivity index (χ3v) is 6.61. The fourth-order valence-corrected chi connectivity index (χ4v) is 5.00. The van der Waals surface area contributed by atoms with Crippen molar-refractivity contribution in [1.29, 1.82) is 0 Å². The summed E-state index contributed by atoms with van der Waals surface area (Å²) in [6.45, 7) is 5.54. The normalized spacial score (nSPS) is 23.7. The first-order chi connectivity index (χ1) is 13.7. The predicted octanol–water partition coefficient (Wildman–Crippen LogP) is 4.07. The number of anilines is 3. The number of nitrogens with one attached hydrogen (secondary N) is 2. The monoisotopic (exact) mass is 402 g/mol. The van der Waals surface area contributed by atoms with Crippen molar-refractivity contribution in [2.45, 2.75) is 83.2 Å². The molecule has 1 aliphatic carbocycles. The largest absolute Gasteiger partial charge is 0.360 e. The molecule has 3 heterocycles. The summed E-state index contributed by atoms with van der Waals surface area (Å²) >= 11 is 5.59. The average molecular weight is 403 g/mol. The zero-order valence-electron chi connectivity index (χ0n) is 17.1. The van der Waals surface area contributed by atoms with Crippen LogP contribution in [0.5, 0.6) is 0 Å². The van der Waals surface area contributed by atoms with Gasteiger partial charge in [-0.25, -0.2) is 0 Å². The van der Waals surface area contributed by atoms with E-state index in [1.165, 1.54) is 64.2 Å². The molecule has 1 aromatic rings. The van der Waals surface area contributed by atoms with Gasteiger partial charge in [0.15, 0.2) is 5.11 Å². The second kappa shape index (κ2) is 9.25. The summed E-state index contributed by atoms with van der Waals surface area (Å²) in [6.07, 6.45) is 12.6. The SMILES string of the molecule is CC1CCCCN1c1cc(N2CCCC2)nc(NC(=S)NC2CCCCC2)n1. The first-order valence-electron chi connectivity index (χ1n) is 11.2. The summed E-state index contributed by atoms with van der Waals surface area (Å²) in [5.74, 6) is 2.70. The number of nitrogens with zero attached hydrogens (tertiary/aromatic N) is 4. The second-order valence-corrected chi connectivity index (χ2v) is 8.98. The van der Waals surface area contributed by atoms with Gasteiger partial charge in [-0.1, -0.05) is 19.3 Å². The van der Waals surface area contributed by atoms with E-state index < -0.39 is 0 Å². The minimum atomic E-state index is 0.483. The molecule has 3 aliphatic rings. The number of hydrogen-bond acceptors (Lipinski definition) is 5. The zero-order valence-corrected chi connectivity index (χ0v) is 17.9. The fraction of sp³-hybridized carbons (Fsp3) is 0.762. The van der Waals surface area contributed by atoms with E-state index in [9.17, 15) is 0 Å². The van der Waals surface area contributed by atoms with Crippen molar-refractivity contribution in [2.24, 2.45) is 0 Å². The van der Waals surface area contributed by atoms with Crippen LogP contribution in [0.4, 0.5) is 17.6 Å². The van der Waals surface area contributed by atoms with Crippen LogP contribution in [0.1, 0.15) is 71.1 Å². The maximum absolute atomic E-state index is 5.59. The van der Waals surface area contributed by atoms with Crippen LogP contribution in [-0.2, 0) is 0 Å². The van der Waals surface area contributed by atoms with Crippen LogP contribution >= 0.6 is 12.2 Å². The summed E-state index contributed by atoms with van der Waals surface area (Å²) in [4.78, 5) is 14.5. The number of aromatic nitrogens is 2. The van der Waals surface area contributed by atoms with Gasteiger partial charge in [-0.2, -0.15) is 9.97 Å². The van der Waals surface area contributed by atoms with Crippen LogP contribution in [0.3, 0.4) is 0 Å². The van der Waals surface area contributed by atoms with Crippen molar-refractivity contribution in [2.75, 3.05) is 34.8 Å². The molecular weight excluding hydrogens is 368 g/mol. The number of thiocarbonyl (C=S) groups is 1. The molecule has 1 unspecified atom stereocenters. The molecule has 2 saturated heterocycles. The molecule has 0 amide bonds. The summed E-state index contributed by atoms with van der Waals surface area (Å²) in [6, 6.07) is 3.18. The van der Waals surface area contributed by atoms with Gasteiger partial charge in [0.25, 0.3) is 0 Å². The quantitative estimate of drug-likeness (QED) is 0.736. The minimum absolute atomic E-state index is 0.483. The van der Waals surface area contributed by atoms with E-state index >= 15 is 0 Å².